The molecule has 0 saturated heterocycles. The van der Waals surface area contributed by atoms with Crippen LogP contribution in [0.5, 0.6) is 5.75 Å². The number of aromatic hydroxyl groups is 1. The molecule has 0 saturated carbocycles. The first-order valence-electron chi connectivity index (χ1n) is 7.98. The molecule has 130 valence electrons. The maximum Gasteiger partial charge on any atom is 0.319 e. The zero-order chi connectivity index (χ0) is 18.1. The van der Waals surface area contributed by atoms with Crippen molar-refractivity contribution in [2.75, 3.05) is 0 Å². The minimum absolute atomic E-state index is 0.00647. The van der Waals surface area contributed by atoms with Crippen LogP contribution in [0.25, 0.3) is 22.6 Å². The molecule has 25 heavy (non-hydrogen) atoms. The fourth-order valence-electron chi connectivity index (χ4n) is 2.90. The molecule has 1 aromatic carbocycles. The molecule has 0 amide bonds. The van der Waals surface area contributed by atoms with Gasteiger partial charge in [0.25, 0.3) is 0 Å². The number of aryl methyl sites for hydroxylation is 3. The van der Waals surface area contributed by atoms with E-state index in [-0.39, 0.29) is 11.4 Å². The number of rotatable bonds is 5. The molecule has 0 fully saturated rings. The molecule has 2 aromatic heterocycles. The summed E-state index contributed by atoms with van der Waals surface area (Å²) in [5.41, 5.74) is 3.38. The van der Waals surface area contributed by atoms with Gasteiger partial charge < -0.3 is 5.11 Å². The predicted molar refractivity (Wildman–Crippen MR) is 93.3 cm³/mol. The number of hydrogen-bond donors (Lipinski definition) is 2. The predicted octanol–water partition coefficient (Wildman–Crippen LogP) is 3.35. The molecule has 0 spiro atoms. The summed E-state index contributed by atoms with van der Waals surface area (Å²) in [6.07, 6.45) is 1.30. The Morgan fingerprint density at radius 2 is 2.12 bits per heavy atom. The van der Waals surface area contributed by atoms with E-state index in [0.29, 0.717) is 34.8 Å². The molecule has 0 atom stereocenters. The highest BCUT2D eigenvalue weighted by Gasteiger charge is 2.28. The lowest BCUT2D eigenvalue weighted by Crippen LogP contribution is -1.96. The number of aromatic nitrogens is 4. The Bertz CT molecular complexity index is 942. The summed E-state index contributed by atoms with van der Waals surface area (Å²) in [5.74, 6) is 0.106. The third kappa shape index (κ3) is 2.98. The van der Waals surface area contributed by atoms with Crippen molar-refractivity contribution in [1.29, 1.82) is 0 Å². The van der Waals surface area contributed by atoms with Crippen LogP contribution >= 0.6 is 0 Å². The second-order valence-corrected chi connectivity index (χ2v) is 5.96. The Hall–Kier alpha value is -3.16. The molecule has 0 radical (unpaired) electrons. The second kappa shape index (κ2) is 6.39. The first-order valence-corrected chi connectivity index (χ1v) is 7.98. The van der Waals surface area contributed by atoms with Gasteiger partial charge in [-0.05, 0) is 31.5 Å². The van der Waals surface area contributed by atoms with E-state index in [9.17, 15) is 15.2 Å². The van der Waals surface area contributed by atoms with Gasteiger partial charge in [0.15, 0.2) is 5.69 Å². The molecule has 3 aromatic rings. The third-order valence-electron chi connectivity index (χ3n) is 4.02. The van der Waals surface area contributed by atoms with Crippen molar-refractivity contribution in [2.45, 2.75) is 26.7 Å². The lowest BCUT2D eigenvalue weighted by molar-refractivity contribution is -0.384. The van der Waals surface area contributed by atoms with E-state index in [1.54, 1.807) is 25.2 Å². The van der Waals surface area contributed by atoms with Crippen molar-refractivity contribution >= 4 is 5.69 Å². The minimum Gasteiger partial charge on any atom is -0.507 e. The summed E-state index contributed by atoms with van der Waals surface area (Å²) < 4.78 is 1.50. The summed E-state index contributed by atoms with van der Waals surface area (Å²) in [4.78, 5) is 11.2. The zero-order valence-corrected chi connectivity index (χ0v) is 14.3. The number of nitrogens with one attached hydrogen (secondary N) is 1. The number of phenolic OH excluding ortho intramolecular Hbond substituents is 1. The van der Waals surface area contributed by atoms with Crippen molar-refractivity contribution in [3.8, 4) is 28.4 Å². The van der Waals surface area contributed by atoms with E-state index in [2.05, 4.69) is 15.3 Å². The maximum absolute atomic E-state index is 11.6. The Kier molecular flexibility index (Phi) is 4.26. The van der Waals surface area contributed by atoms with Crippen LogP contribution in [0.3, 0.4) is 0 Å². The highest BCUT2D eigenvalue weighted by molar-refractivity contribution is 5.75. The smallest absolute Gasteiger partial charge is 0.319 e. The van der Waals surface area contributed by atoms with Crippen LogP contribution in [0.4, 0.5) is 5.69 Å². The van der Waals surface area contributed by atoms with Crippen molar-refractivity contribution in [3.05, 3.63) is 45.6 Å². The molecule has 0 aliphatic heterocycles. The van der Waals surface area contributed by atoms with Gasteiger partial charge in [-0.2, -0.15) is 10.2 Å². The van der Waals surface area contributed by atoms with Crippen molar-refractivity contribution in [3.63, 3.8) is 0 Å². The monoisotopic (exact) mass is 341 g/mol. The van der Waals surface area contributed by atoms with Gasteiger partial charge in [0.2, 0.25) is 0 Å². The first-order chi connectivity index (χ1) is 11.9. The standard InChI is InChI=1S/C17H19N5O3/c1-4-5-12-17(22(24)25)16(21(3)20-12)14-9-13(18-19-14)11-8-10(2)6-7-15(11)23/h6-9,23H,4-5H2,1-3H3,(H,18,19). The van der Waals surface area contributed by atoms with Crippen LogP contribution in [0.2, 0.25) is 0 Å². The molecule has 3 rings (SSSR count). The summed E-state index contributed by atoms with van der Waals surface area (Å²) in [5, 5.41) is 33.0. The lowest BCUT2D eigenvalue weighted by Gasteiger charge is -2.01. The number of aromatic amines is 1. The SMILES string of the molecule is CCCc1nn(C)c(-c2cc(-c3cc(C)ccc3O)n[nH]2)c1[N+](=O)[O-]. The minimum atomic E-state index is -0.405. The second-order valence-electron chi connectivity index (χ2n) is 5.96. The van der Waals surface area contributed by atoms with Gasteiger partial charge in [-0.1, -0.05) is 25.0 Å². The third-order valence-corrected chi connectivity index (χ3v) is 4.02. The van der Waals surface area contributed by atoms with Gasteiger partial charge in [0.05, 0.1) is 16.3 Å². The molecule has 0 unspecified atom stereocenters. The largest absolute Gasteiger partial charge is 0.507 e. The molecular formula is C17H19N5O3. The fraction of sp³-hybridized carbons (Fsp3) is 0.294. The summed E-state index contributed by atoms with van der Waals surface area (Å²) in [6.45, 7) is 3.87. The summed E-state index contributed by atoms with van der Waals surface area (Å²) in [7, 11) is 1.67. The summed E-state index contributed by atoms with van der Waals surface area (Å²) in [6, 6.07) is 6.91. The van der Waals surface area contributed by atoms with E-state index in [4.69, 9.17) is 0 Å². The molecule has 8 nitrogen and oxygen atoms in total. The Balaban J connectivity index is 2.12. The Morgan fingerprint density at radius 3 is 2.80 bits per heavy atom. The molecule has 8 heteroatoms. The van der Waals surface area contributed by atoms with Crippen LogP contribution in [0.1, 0.15) is 24.6 Å². The van der Waals surface area contributed by atoms with E-state index < -0.39 is 4.92 Å². The summed E-state index contributed by atoms with van der Waals surface area (Å²) >= 11 is 0. The van der Waals surface area contributed by atoms with E-state index in [1.807, 2.05) is 19.9 Å². The maximum atomic E-state index is 11.6. The topological polar surface area (TPSA) is 110 Å². The molecule has 2 heterocycles. The molecule has 0 aliphatic carbocycles. The van der Waals surface area contributed by atoms with Gasteiger partial charge >= 0.3 is 5.69 Å². The van der Waals surface area contributed by atoms with Crippen molar-refractivity contribution in [1.82, 2.24) is 20.0 Å². The van der Waals surface area contributed by atoms with Gasteiger partial charge in [-0.25, -0.2) is 0 Å². The van der Waals surface area contributed by atoms with Crippen LogP contribution in [-0.4, -0.2) is 30.0 Å². The van der Waals surface area contributed by atoms with Crippen LogP contribution in [0, 0.1) is 17.0 Å². The van der Waals surface area contributed by atoms with Gasteiger partial charge in [-0.15, -0.1) is 0 Å². The van der Waals surface area contributed by atoms with Crippen molar-refractivity contribution < 1.29 is 10.0 Å². The van der Waals surface area contributed by atoms with Crippen LogP contribution < -0.4 is 0 Å². The number of H-pyrrole nitrogens is 1. The van der Waals surface area contributed by atoms with Gasteiger partial charge in [0.1, 0.15) is 11.4 Å². The number of benzene rings is 1. The van der Waals surface area contributed by atoms with Crippen molar-refractivity contribution in [2.24, 2.45) is 7.05 Å². The van der Waals surface area contributed by atoms with Gasteiger partial charge in [-0.3, -0.25) is 19.9 Å². The Morgan fingerprint density at radius 1 is 1.36 bits per heavy atom. The molecule has 0 aliphatic rings. The Labute approximate surface area is 144 Å². The van der Waals surface area contributed by atoms with Gasteiger partial charge in [0, 0.05) is 12.6 Å². The molecule has 0 bridgehead atoms. The normalized spacial score (nSPS) is 11.0. The van der Waals surface area contributed by atoms with E-state index in [0.717, 1.165) is 12.0 Å². The lowest BCUT2D eigenvalue weighted by atomic mass is 10.1. The number of nitro groups is 1. The number of phenols is 1. The molecular weight excluding hydrogens is 322 g/mol. The number of hydrogen-bond acceptors (Lipinski definition) is 5. The van der Waals surface area contributed by atoms with Crippen LogP contribution in [-0.2, 0) is 13.5 Å². The number of nitrogens with zero attached hydrogens (tertiary/aromatic N) is 4. The van der Waals surface area contributed by atoms with E-state index >= 15 is 0 Å². The zero-order valence-electron chi connectivity index (χ0n) is 14.3. The van der Waals surface area contributed by atoms with E-state index in [1.165, 1.54) is 4.68 Å². The molecule has 2 N–H and O–H groups in total. The average Bonchev–Trinajstić information content (AvgIpc) is 3.14. The highest BCUT2D eigenvalue weighted by atomic mass is 16.6. The first kappa shape index (κ1) is 16.7. The fourth-order valence-corrected chi connectivity index (χ4v) is 2.90. The quantitative estimate of drug-likeness (QED) is 0.546. The average molecular weight is 341 g/mol. The highest BCUT2D eigenvalue weighted by Crippen LogP contribution is 2.35. The van der Waals surface area contributed by atoms with Crippen LogP contribution in [0.15, 0.2) is 24.3 Å².